The van der Waals surface area contributed by atoms with Crippen molar-refractivity contribution in [3.05, 3.63) is 57.4 Å². The summed E-state index contributed by atoms with van der Waals surface area (Å²) >= 11 is 1.52. The summed E-state index contributed by atoms with van der Waals surface area (Å²) in [4.78, 5) is 21.1. The molecular formula is C28H32N2O3S. The van der Waals surface area contributed by atoms with Crippen LogP contribution in [0.25, 0.3) is 31.8 Å². The van der Waals surface area contributed by atoms with Crippen molar-refractivity contribution < 1.29 is 9.52 Å². The number of aryl methyl sites for hydroxylation is 2. The van der Waals surface area contributed by atoms with Gasteiger partial charge >= 0.3 is 0 Å². The van der Waals surface area contributed by atoms with Gasteiger partial charge in [-0.05, 0) is 56.0 Å². The number of aromatic hydroxyl groups is 1. The second-order valence-corrected chi connectivity index (χ2v) is 10.2. The number of hydrogen-bond donors (Lipinski definition) is 1. The predicted octanol–water partition coefficient (Wildman–Crippen LogP) is 6.66. The second kappa shape index (κ2) is 9.51. The van der Waals surface area contributed by atoms with Crippen molar-refractivity contribution >= 4 is 32.5 Å². The average Bonchev–Trinajstić information content (AvgIpc) is 3.29. The maximum absolute atomic E-state index is 13.9. The molecule has 34 heavy (non-hydrogen) atoms. The molecule has 1 saturated heterocycles. The van der Waals surface area contributed by atoms with Crippen molar-refractivity contribution in [3.8, 4) is 16.3 Å². The van der Waals surface area contributed by atoms with Gasteiger partial charge in [0.05, 0.1) is 26.7 Å². The number of benzene rings is 2. The van der Waals surface area contributed by atoms with E-state index in [9.17, 15) is 9.90 Å². The highest BCUT2D eigenvalue weighted by molar-refractivity contribution is 7.21. The fourth-order valence-corrected chi connectivity index (χ4v) is 6.31. The molecule has 0 saturated carbocycles. The zero-order chi connectivity index (χ0) is 23.8. The molecule has 1 unspecified atom stereocenters. The number of hydrogen-bond acceptors (Lipinski definition) is 6. The quantitative estimate of drug-likeness (QED) is 0.337. The highest BCUT2D eigenvalue weighted by Crippen LogP contribution is 2.37. The lowest BCUT2D eigenvalue weighted by molar-refractivity contribution is 0.135. The molecule has 2 aromatic carbocycles. The van der Waals surface area contributed by atoms with E-state index in [1.807, 2.05) is 44.2 Å². The van der Waals surface area contributed by atoms with Gasteiger partial charge in [-0.15, -0.1) is 11.3 Å². The van der Waals surface area contributed by atoms with Crippen molar-refractivity contribution in [2.75, 3.05) is 6.54 Å². The van der Waals surface area contributed by atoms with E-state index >= 15 is 0 Å². The molecule has 1 N–H and O–H groups in total. The van der Waals surface area contributed by atoms with Crippen molar-refractivity contribution in [1.82, 2.24) is 9.88 Å². The van der Waals surface area contributed by atoms with Crippen molar-refractivity contribution in [3.63, 3.8) is 0 Å². The van der Waals surface area contributed by atoms with Crippen LogP contribution in [0, 0.1) is 0 Å². The van der Waals surface area contributed by atoms with Gasteiger partial charge in [0, 0.05) is 19.0 Å². The number of aromatic nitrogens is 1. The first kappa shape index (κ1) is 23.1. The minimum atomic E-state index is -0.0567. The molecule has 5 rings (SSSR count). The Morgan fingerprint density at radius 3 is 2.74 bits per heavy atom. The number of rotatable bonds is 6. The second-order valence-electron chi connectivity index (χ2n) is 9.19. The first-order chi connectivity index (χ1) is 16.5. The summed E-state index contributed by atoms with van der Waals surface area (Å²) in [7, 11) is 0. The van der Waals surface area contributed by atoms with E-state index in [1.54, 1.807) is 0 Å². The van der Waals surface area contributed by atoms with Gasteiger partial charge in [0.15, 0.2) is 0 Å². The van der Waals surface area contributed by atoms with Gasteiger partial charge in [-0.3, -0.25) is 9.69 Å². The SMILES string of the molecule is CCc1cc2c(=O)c(-c3nc4ccccc4s3)c(CC)oc2c(CN2CCCCC2CC)c1O. The van der Waals surface area contributed by atoms with Gasteiger partial charge in [-0.1, -0.05) is 39.3 Å². The molecule has 0 amide bonds. The van der Waals surface area contributed by atoms with Gasteiger partial charge in [-0.25, -0.2) is 4.98 Å². The number of thiazole rings is 1. The van der Waals surface area contributed by atoms with Crippen molar-refractivity contribution in [2.45, 2.75) is 71.9 Å². The maximum atomic E-state index is 13.9. The predicted molar refractivity (Wildman–Crippen MR) is 140 cm³/mol. The van der Waals surface area contributed by atoms with E-state index in [0.717, 1.165) is 40.7 Å². The van der Waals surface area contributed by atoms with Crippen LogP contribution in [0.2, 0.25) is 0 Å². The zero-order valence-corrected chi connectivity index (χ0v) is 21.0. The zero-order valence-electron chi connectivity index (χ0n) is 20.2. The van der Waals surface area contributed by atoms with E-state index in [2.05, 4.69) is 11.8 Å². The smallest absolute Gasteiger partial charge is 0.203 e. The molecule has 0 radical (unpaired) electrons. The van der Waals surface area contributed by atoms with Crippen LogP contribution in [-0.4, -0.2) is 27.6 Å². The van der Waals surface area contributed by atoms with E-state index < -0.39 is 0 Å². The lowest BCUT2D eigenvalue weighted by Crippen LogP contribution is -2.38. The van der Waals surface area contributed by atoms with Crippen molar-refractivity contribution in [1.29, 1.82) is 0 Å². The van der Waals surface area contributed by atoms with Crippen LogP contribution in [-0.2, 0) is 19.4 Å². The number of likely N-dealkylation sites (tertiary alicyclic amines) is 1. The van der Waals surface area contributed by atoms with Gasteiger partial charge < -0.3 is 9.52 Å². The van der Waals surface area contributed by atoms with Crippen LogP contribution in [0.3, 0.4) is 0 Å². The lowest BCUT2D eigenvalue weighted by Gasteiger charge is -2.35. The summed E-state index contributed by atoms with van der Waals surface area (Å²) < 4.78 is 7.53. The van der Waals surface area contributed by atoms with Gasteiger partial charge in [-0.2, -0.15) is 0 Å². The van der Waals surface area contributed by atoms with E-state index in [-0.39, 0.29) is 11.2 Å². The molecule has 0 spiro atoms. The minimum absolute atomic E-state index is 0.0567. The molecule has 5 nitrogen and oxygen atoms in total. The highest BCUT2D eigenvalue weighted by atomic mass is 32.1. The molecule has 1 atom stereocenters. The highest BCUT2D eigenvalue weighted by Gasteiger charge is 2.27. The molecule has 6 heteroatoms. The fourth-order valence-electron chi connectivity index (χ4n) is 5.29. The van der Waals surface area contributed by atoms with Crippen molar-refractivity contribution in [2.24, 2.45) is 0 Å². The van der Waals surface area contributed by atoms with Crippen LogP contribution in [0.4, 0.5) is 0 Å². The average molecular weight is 477 g/mol. The molecule has 1 aliphatic rings. The molecule has 0 bridgehead atoms. The fraction of sp³-hybridized carbons (Fsp3) is 0.429. The largest absolute Gasteiger partial charge is 0.507 e. The van der Waals surface area contributed by atoms with Crippen LogP contribution in [0.1, 0.15) is 63.3 Å². The maximum Gasteiger partial charge on any atom is 0.203 e. The molecule has 178 valence electrons. The summed E-state index contributed by atoms with van der Waals surface area (Å²) in [5.41, 5.74) is 3.46. The molecular weight excluding hydrogens is 444 g/mol. The Labute approximate surface area is 204 Å². The van der Waals surface area contributed by atoms with Gasteiger partial charge in [0.2, 0.25) is 5.43 Å². The third kappa shape index (κ3) is 3.93. The Balaban J connectivity index is 1.73. The van der Waals surface area contributed by atoms with Crippen LogP contribution >= 0.6 is 11.3 Å². The van der Waals surface area contributed by atoms with E-state index in [4.69, 9.17) is 9.40 Å². The normalized spacial score (nSPS) is 17.1. The Morgan fingerprint density at radius 1 is 1.18 bits per heavy atom. The third-order valence-corrected chi connectivity index (χ3v) is 8.25. The Bertz CT molecular complexity index is 1370. The minimum Gasteiger partial charge on any atom is -0.507 e. The summed E-state index contributed by atoms with van der Waals surface area (Å²) in [5, 5.41) is 12.5. The molecule has 1 fully saturated rings. The Morgan fingerprint density at radius 2 is 2.00 bits per heavy atom. The van der Waals surface area contributed by atoms with Gasteiger partial charge in [0.25, 0.3) is 0 Å². The number of phenols is 1. The summed E-state index contributed by atoms with van der Waals surface area (Å²) in [5.74, 6) is 0.903. The number of para-hydroxylation sites is 1. The molecule has 3 heterocycles. The van der Waals surface area contributed by atoms with Gasteiger partial charge in [0.1, 0.15) is 22.1 Å². The number of phenolic OH excluding ortho intramolecular Hbond substituents is 1. The molecule has 1 aliphatic heterocycles. The number of fused-ring (bicyclic) bond motifs is 2. The summed E-state index contributed by atoms with van der Waals surface area (Å²) in [6, 6.07) is 10.3. The molecule has 4 aromatic rings. The lowest BCUT2D eigenvalue weighted by atomic mass is 9.96. The van der Waals surface area contributed by atoms with E-state index in [0.29, 0.717) is 52.7 Å². The standard InChI is InChI=1S/C28H32N2O3S/c1-4-17-15-19-26(32)24(28-29-21-12-7-8-13-23(21)34-28)22(6-3)33-27(19)20(25(17)31)16-30-14-10-9-11-18(30)5-2/h7-8,12-13,15,18,31H,4-6,9-11,14,16H2,1-3H3. The van der Waals surface area contributed by atoms with Crippen LogP contribution < -0.4 is 5.43 Å². The first-order valence-corrected chi connectivity index (χ1v) is 13.3. The first-order valence-electron chi connectivity index (χ1n) is 12.5. The Hall–Kier alpha value is -2.70. The Kier molecular flexibility index (Phi) is 6.45. The summed E-state index contributed by atoms with van der Waals surface area (Å²) in [6.45, 7) is 7.84. The summed E-state index contributed by atoms with van der Waals surface area (Å²) in [6.07, 6.45) is 5.89. The molecule has 2 aromatic heterocycles. The number of nitrogens with zero attached hydrogens (tertiary/aromatic N) is 2. The third-order valence-electron chi connectivity index (χ3n) is 7.19. The number of piperidine rings is 1. The van der Waals surface area contributed by atoms with E-state index in [1.165, 1.54) is 24.2 Å². The van der Waals surface area contributed by atoms with Crippen LogP contribution in [0.15, 0.2) is 39.5 Å². The van der Waals surface area contributed by atoms with Crippen LogP contribution in [0.5, 0.6) is 5.75 Å². The molecule has 0 aliphatic carbocycles. The topological polar surface area (TPSA) is 66.6 Å². The monoisotopic (exact) mass is 476 g/mol.